The second-order valence-electron chi connectivity index (χ2n) is 5.30. The number of hydrogen-bond donors (Lipinski definition) is 0. The summed E-state index contributed by atoms with van der Waals surface area (Å²) in [6, 6.07) is 5.25. The maximum absolute atomic E-state index is 13.0. The summed E-state index contributed by atoms with van der Waals surface area (Å²) in [5.41, 5.74) is 2.87. The Hall–Kier alpha value is -0.850. The molecule has 0 aliphatic heterocycles. The van der Waals surface area contributed by atoms with Crippen LogP contribution in [0.4, 0.5) is 4.39 Å². The van der Waals surface area contributed by atoms with Gasteiger partial charge in [0.05, 0.1) is 0 Å². The molecule has 2 rings (SSSR count). The first kappa shape index (κ1) is 9.70. The van der Waals surface area contributed by atoms with E-state index in [0.29, 0.717) is 11.3 Å². The smallest absolute Gasteiger partial charge is 0.123 e. The quantitative estimate of drug-likeness (QED) is 0.584. The van der Waals surface area contributed by atoms with Gasteiger partial charge in [-0.05, 0) is 47.4 Å². The van der Waals surface area contributed by atoms with Gasteiger partial charge in [-0.25, -0.2) is 4.39 Å². The van der Waals surface area contributed by atoms with Crippen molar-refractivity contribution in [1.82, 2.24) is 0 Å². The standard InChI is InChI=1S/C13H17F/c1-13(2,3)12-7-4-9-8-10(14)5-6-11(9)12/h5-6,8,12H,4,7H2,1-3H3/t12-/m0/s1. The van der Waals surface area contributed by atoms with Gasteiger partial charge in [0.2, 0.25) is 0 Å². The number of hydrogen-bond acceptors (Lipinski definition) is 0. The van der Waals surface area contributed by atoms with Crippen LogP contribution in [-0.4, -0.2) is 0 Å². The van der Waals surface area contributed by atoms with Crippen LogP contribution < -0.4 is 0 Å². The van der Waals surface area contributed by atoms with E-state index in [9.17, 15) is 4.39 Å². The van der Waals surface area contributed by atoms with Gasteiger partial charge in [0.25, 0.3) is 0 Å². The van der Waals surface area contributed by atoms with Crippen molar-refractivity contribution in [2.45, 2.75) is 39.5 Å². The maximum Gasteiger partial charge on any atom is 0.123 e. The highest BCUT2D eigenvalue weighted by Gasteiger charge is 2.31. The van der Waals surface area contributed by atoms with Crippen LogP contribution in [-0.2, 0) is 6.42 Å². The maximum atomic E-state index is 13.0. The van der Waals surface area contributed by atoms with Gasteiger partial charge < -0.3 is 0 Å². The zero-order valence-corrected chi connectivity index (χ0v) is 9.10. The molecule has 0 saturated heterocycles. The SMILES string of the molecule is CC(C)(C)[C@H]1CCc2cc(F)ccc21. The number of halogens is 1. The molecule has 0 saturated carbocycles. The molecular formula is C13H17F. The molecule has 1 aliphatic rings. The lowest BCUT2D eigenvalue weighted by Gasteiger charge is -2.27. The predicted octanol–water partition coefficient (Wildman–Crippen LogP) is 3.90. The van der Waals surface area contributed by atoms with E-state index in [2.05, 4.69) is 20.8 Å². The van der Waals surface area contributed by atoms with Crippen molar-refractivity contribution in [3.63, 3.8) is 0 Å². The first-order chi connectivity index (χ1) is 6.48. The van der Waals surface area contributed by atoms with Crippen LogP contribution in [0.15, 0.2) is 18.2 Å². The van der Waals surface area contributed by atoms with Gasteiger partial charge in [0, 0.05) is 0 Å². The molecule has 0 spiro atoms. The monoisotopic (exact) mass is 192 g/mol. The van der Waals surface area contributed by atoms with E-state index >= 15 is 0 Å². The summed E-state index contributed by atoms with van der Waals surface area (Å²) in [4.78, 5) is 0. The molecule has 0 nitrogen and oxygen atoms in total. The Morgan fingerprint density at radius 2 is 2.00 bits per heavy atom. The van der Waals surface area contributed by atoms with E-state index in [4.69, 9.17) is 0 Å². The van der Waals surface area contributed by atoms with Crippen molar-refractivity contribution in [3.05, 3.63) is 35.1 Å². The van der Waals surface area contributed by atoms with Crippen LogP contribution in [0.2, 0.25) is 0 Å². The lowest BCUT2D eigenvalue weighted by molar-refractivity contribution is 0.319. The minimum absolute atomic E-state index is 0.0988. The van der Waals surface area contributed by atoms with Gasteiger partial charge in [-0.3, -0.25) is 0 Å². The number of rotatable bonds is 0. The summed E-state index contributed by atoms with van der Waals surface area (Å²) in [5, 5.41) is 0. The fourth-order valence-electron chi connectivity index (χ4n) is 2.49. The number of benzene rings is 1. The second-order valence-corrected chi connectivity index (χ2v) is 5.30. The lowest BCUT2D eigenvalue weighted by atomic mass is 9.77. The molecule has 1 aromatic carbocycles. The van der Waals surface area contributed by atoms with E-state index in [1.54, 1.807) is 12.1 Å². The van der Waals surface area contributed by atoms with E-state index in [1.165, 1.54) is 17.5 Å². The summed E-state index contributed by atoms with van der Waals surface area (Å²) in [6.45, 7) is 6.78. The molecule has 0 heterocycles. The summed E-state index contributed by atoms with van der Waals surface area (Å²) >= 11 is 0. The molecule has 0 radical (unpaired) electrons. The highest BCUT2D eigenvalue weighted by Crippen LogP contribution is 2.44. The molecule has 1 aliphatic carbocycles. The molecule has 14 heavy (non-hydrogen) atoms. The average molecular weight is 192 g/mol. The lowest BCUT2D eigenvalue weighted by Crippen LogP contribution is -2.15. The van der Waals surface area contributed by atoms with E-state index < -0.39 is 0 Å². The Morgan fingerprint density at radius 1 is 1.29 bits per heavy atom. The normalized spacial score (nSPS) is 21.0. The first-order valence-corrected chi connectivity index (χ1v) is 5.27. The molecular weight excluding hydrogens is 175 g/mol. The summed E-state index contributed by atoms with van der Waals surface area (Å²) in [5.74, 6) is 0.497. The average Bonchev–Trinajstić information content (AvgIpc) is 2.45. The van der Waals surface area contributed by atoms with Gasteiger partial charge in [-0.15, -0.1) is 0 Å². The van der Waals surface area contributed by atoms with Crippen molar-refractivity contribution < 1.29 is 4.39 Å². The van der Waals surface area contributed by atoms with E-state index in [-0.39, 0.29) is 5.82 Å². The second kappa shape index (κ2) is 3.08. The summed E-state index contributed by atoms with van der Waals surface area (Å²) in [6.07, 6.45) is 2.21. The Morgan fingerprint density at radius 3 is 2.64 bits per heavy atom. The van der Waals surface area contributed by atoms with Gasteiger partial charge in [-0.1, -0.05) is 26.8 Å². The third kappa shape index (κ3) is 1.56. The highest BCUT2D eigenvalue weighted by atomic mass is 19.1. The molecule has 0 N–H and O–H groups in total. The molecule has 0 unspecified atom stereocenters. The van der Waals surface area contributed by atoms with Crippen LogP contribution in [0, 0.1) is 11.2 Å². The molecule has 0 fully saturated rings. The molecule has 0 aromatic heterocycles. The van der Waals surface area contributed by atoms with Crippen LogP contribution >= 0.6 is 0 Å². The van der Waals surface area contributed by atoms with Gasteiger partial charge in [0.15, 0.2) is 0 Å². The zero-order chi connectivity index (χ0) is 10.3. The topological polar surface area (TPSA) is 0 Å². The van der Waals surface area contributed by atoms with Gasteiger partial charge in [-0.2, -0.15) is 0 Å². The number of fused-ring (bicyclic) bond motifs is 1. The summed E-state index contributed by atoms with van der Waals surface area (Å²) in [7, 11) is 0. The van der Waals surface area contributed by atoms with E-state index in [0.717, 1.165) is 6.42 Å². The van der Waals surface area contributed by atoms with Crippen LogP contribution in [0.25, 0.3) is 0 Å². The highest BCUT2D eigenvalue weighted by molar-refractivity contribution is 5.36. The van der Waals surface area contributed by atoms with Crippen molar-refractivity contribution in [3.8, 4) is 0 Å². The molecule has 0 bridgehead atoms. The summed E-state index contributed by atoms with van der Waals surface area (Å²) < 4.78 is 13.0. The molecule has 1 heteroatoms. The van der Waals surface area contributed by atoms with Gasteiger partial charge in [0.1, 0.15) is 5.82 Å². The largest absolute Gasteiger partial charge is 0.207 e. The fraction of sp³-hybridized carbons (Fsp3) is 0.538. The van der Waals surface area contributed by atoms with Crippen LogP contribution in [0.5, 0.6) is 0 Å². The third-order valence-electron chi connectivity index (χ3n) is 3.23. The first-order valence-electron chi connectivity index (χ1n) is 5.27. The van der Waals surface area contributed by atoms with Crippen molar-refractivity contribution >= 4 is 0 Å². The Kier molecular flexibility index (Phi) is 2.13. The third-order valence-corrected chi connectivity index (χ3v) is 3.23. The van der Waals surface area contributed by atoms with Crippen molar-refractivity contribution in [2.24, 2.45) is 5.41 Å². The zero-order valence-electron chi connectivity index (χ0n) is 9.10. The van der Waals surface area contributed by atoms with Crippen molar-refractivity contribution in [2.75, 3.05) is 0 Å². The Balaban J connectivity index is 2.41. The Labute approximate surface area is 85.1 Å². The van der Waals surface area contributed by atoms with E-state index in [1.807, 2.05) is 6.07 Å². The fourth-order valence-corrected chi connectivity index (χ4v) is 2.49. The molecule has 0 amide bonds. The van der Waals surface area contributed by atoms with Crippen molar-refractivity contribution in [1.29, 1.82) is 0 Å². The van der Waals surface area contributed by atoms with Crippen LogP contribution in [0.3, 0.4) is 0 Å². The Bertz CT molecular complexity index is 347. The number of aryl methyl sites for hydroxylation is 1. The predicted molar refractivity (Wildman–Crippen MR) is 56.9 cm³/mol. The van der Waals surface area contributed by atoms with Crippen LogP contribution in [0.1, 0.15) is 44.2 Å². The molecule has 1 atom stereocenters. The minimum Gasteiger partial charge on any atom is -0.207 e. The molecule has 76 valence electrons. The molecule has 1 aromatic rings. The van der Waals surface area contributed by atoms with Gasteiger partial charge >= 0.3 is 0 Å². The minimum atomic E-state index is -0.0988.